The number of halogens is 3. The number of nitrogens with zero attached hydrogens (tertiary/aromatic N) is 2. The molecule has 1 atom stereocenters. The largest absolute Gasteiger partial charge is 0.455 e. The van der Waals surface area contributed by atoms with Crippen LogP contribution in [0.2, 0.25) is 0 Å². The number of rotatable bonds is 3. The van der Waals surface area contributed by atoms with E-state index < -0.39 is 17.9 Å². The van der Waals surface area contributed by atoms with Crippen LogP contribution in [0, 0.1) is 0 Å². The Labute approximate surface area is 83.5 Å². The third-order valence-corrected chi connectivity index (χ3v) is 1.90. The van der Waals surface area contributed by atoms with Crippen molar-refractivity contribution in [3.63, 3.8) is 0 Å². The van der Waals surface area contributed by atoms with E-state index in [9.17, 15) is 18.0 Å². The molecular formula is C8H9F3N2O2. The molecule has 84 valence electrons. The van der Waals surface area contributed by atoms with Crippen LogP contribution >= 0.6 is 0 Å². The standard InChI is InChI=1S/C8H9F3N2O2/c1-3-5(14)4(2)6-12-7(13-15-6)8(9,10)11/h4H,3H2,1-2H3. The van der Waals surface area contributed by atoms with Crippen LogP contribution < -0.4 is 0 Å². The summed E-state index contributed by atoms with van der Waals surface area (Å²) in [7, 11) is 0. The molecule has 0 N–H and O–H groups in total. The van der Waals surface area contributed by atoms with Gasteiger partial charge in [0.25, 0.3) is 5.82 Å². The molecule has 0 amide bonds. The lowest BCUT2D eigenvalue weighted by atomic mass is 10.1. The van der Waals surface area contributed by atoms with E-state index in [0.717, 1.165) is 0 Å². The SMILES string of the molecule is CCC(=O)C(C)c1nc(C(F)(F)F)no1. The van der Waals surface area contributed by atoms with Gasteiger partial charge < -0.3 is 4.52 Å². The highest BCUT2D eigenvalue weighted by Gasteiger charge is 2.38. The summed E-state index contributed by atoms with van der Waals surface area (Å²) in [6.07, 6.45) is -4.43. The van der Waals surface area contributed by atoms with Crippen LogP contribution in [-0.4, -0.2) is 15.9 Å². The Kier molecular flexibility index (Phi) is 3.11. The van der Waals surface area contributed by atoms with Crippen molar-refractivity contribution in [3.8, 4) is 0 Å². The van der Waals surface area contributed by atoms with E-state index in [4.69, 9.17) is 0 Å². The van der Waals surface area contributed by atoms with Crippen LogP contribution in [0.1, 0.15) is 37.9 Å². The monoisotopic (exact) mass is 222 g/mol. The predicted octanol–water partition coefficient (Wildman–Crippen LogP) is 2.17. The van der Waals surface area contributed by atoms with Gasteiger partial charge in [0, 0.05) is 6.42 Å². The summed E-state index contributed by atoms with van der Waals surface area (Å²) in [5, 5.41) is 2.76. The van der Waals surface area contributed by atoms with E-state index in [2.05, 4.69) is 14.7 Å². The lowest BCUT2D eigenvalue weighted by Crippen LogP contribution is -2.10. The van der Waals surface area contributed by atoms with Crippen LogP contribution in [0.3, 0.4) is 0 Å². The highest BCUT2D eigenvalue weighted by molar-refractivity contribution is 5.83. The summed E-state index contributed by atoms with van der Waals surface area (Å²) in [4.78, 5) is 14.3. The Morgan fingerprint density at radius 3 is 2.53 bits per heavy atom. The first-order chi connectivity index (χ1) is 6.86. The first-order valence-electron chi connectivity index (χ1n) is 4.29. The zero-order valence-electron chi connectivity index (χ0n) is 8.13. The van der Waals surface area contributed by atoms with Crippen LogP contribution in [-0.2, 0) is 11.0 Å². The van der Waals surface area contributed by atoms with Gasteiger partial charge in [0.15, 0.2) is 0 Å². The Morgan fingerprint density at radius 1 is 1.53 bits per heavy atom. The highest BCUT2D eigenvalue weighted by Crippen LogP contribution is 2.27. The molecule has 0 aliphatic heterocycles. The van der Waals surface area contributed by atoms with Gasteiger partial charge in [-0.2, -0.15) is 18.2 Å². The molecule has 7 heteroatoms. The molecule has 4 nitrogen and oxygen atoms in total. The molecule has 0 saturated carbocycles. The molecule has 0 aliphatic carbocycles. The molecule has 1 heterocycles. The van der Waals surface area contributed by atoms with E-state index in [1.807, 2.05) is 0 Å². The summed E-state index contributed by atoms with van der Waals surface area (Å²) in [6.45, 7) is 3.04. The van der Waals surface area contributed by atoms with Crippen LogP contribution in [0.15, 0.2) is 4.52 Å². The predicted molar refractivity (Wildman–Crippen MR) is 43.0 cm³/mol. The smallest absolute Gasteiger partial charge is 0.338 e. The quantitative estimate of drug-likeness (QED) is 0.786. The summed E-state index contributed by atoms with van der Waals surface area (Å²) in [6, 6.07) is 0. The van der Waals surface area contributed by atoms with Gasteiger partial charge >= 0.3 is 6.18 Å². The summed E-state index contributed by atoms with van der Waals surface area (Å²) in [5.41, 5.74) is 0. The number of carbonyl (C=O) groups is 1. The number of aromatic nitrogens is 2. The van der Waals surface area contributed by atoms with Gasteiger partial charge in [-0.1, -0.05) is 12.1 Å². The molecule has 0 spiro atoms. The van der Waals surface area contributed by atoms with E-state index in [0.29, 0.717) is 0 Å². The zero-order valence-corrected chi connectivity index (χ0v) is 8.13. The van der Waals surface area contributed by atoms with Crippen LogP contribution in [0.4, 0.5) is 13.2 Å². The number of hydrogen-bond donors (Lipinski definition) is 0. The minimum absolute atomic E-state index is 0.213. The third kappa shape index (κ3) is 2.54. The van der Waals surface area contributed by atoms with E-state index in [1.165, 1.54) is 6.92 Å². The second-order valence-electron chi connectivity index (χ2n) is 3.00. The Balaban J connectivity index is 2.89. The van der Waals surface area contributed by atoms with Crippen molar-refractivity contribution in [1.82, 2.24) is 10.1 Å². The van der Waals surface area contributed by atoms with Gasteiger partial charge in [-0.15, -0.1) is 0 Å². The molecule has 0 fully saturated rings. The molecule has 0 radical (unpaired) electrons. The maximum Gasteiger partial charge on any atom is 0.455 e. The second kappa shape index (κ2) is 4.00. The minimum Gasteiger partial charge on any atom is -0.338 e. The minimum atomic E-state index is -4.64. The van der Waals surface area contributed by atoms with Crippen LogP contribution in [0.25, 0.3) is 0 Å². The van der Waals surface area contributed by atoms with Gasteiger partial charge in [0.05, 0.1) is 5.92 Å². The van der Waals surface area contributed by atoms with Crippen molar-refractivity contribution in [1.29, 1.82) is 0 Å². The second-order valence-corrected chi connectivity index (χ2v) is 3.00. The Morgan fingerprint density at radius 2 is 2.13 bits per heavy atom. The van der Waals surface area contributed by atoms with Crippen LogP contribution in [0.5, 0.6) is 0 Å². The maximum atomic E-state index is 12.1. The Bertz CT molecular complexity index is 359. The summed E-state index contributed by atoms with van der Waals surface area (Å²) < 4.78 is 40.6. The molecule has 1 unspecified atom stereocenters. The molecule has 1 rings (SSSR count). The number of ketones is 1. The lowest BCUT2D eigenvalue weighted by molar-refractivity contribution is -0.146. The van der Waals surface area contributed by atoms with Crippen molar-refractivity contribution >= 4 is 5.78 Å². The van der Waals surface area contributed by atoms with E-state index in [-0.39, 0.29) is 18.1 Å². The molecular weight excluding hydrogens is 213 g/mol. The highest BCUT2D eigenvalue weighted by atomic mass is 19.4. The van der Waals surface area contributed by atoms with E-state index >= 15 is 0 Å². The number of hydrogen-bond acceptors (Lipinski definition) is 4. The average molecular weight is 222 g/mol. The molecule has 0 aromatic carbocycles. The van der Waals surface area contributed by atoms with Crippen molar-refractivity contribution in [2.75, 3.05) is 0 Å². The van der Waals surface area contributed by atoms with E-state index in [1.54, 1.807) is 6.92 Å². The van der Waals surface area contributed by atoms with Crippen molar-refractivity contribution < 1.29 is 22.5 Å². The molecule has 0 saturated heterocycles. The molecule has 0 aliphatic rings. The number of Topliss-reactive ketones (excluding diaryl/α,β-unsaturated/α-hetero) is 1. The number of carbonyl (C=O) groups excluding carboxylic acids is 1. The topological polar surface area (TPSA) is 56.0 Å². The fraction of sp³-hybridized carbons (Fsp3) is 0.625. The Hall–Kier alpha value is -1.40. The van der Waals surface area contributed by atoms with Gasteiger partial charge in [-0.25, -0.2) is 0 Å². The van der Waals surface area contributed by atoms with Gasteiger partial charge in [0.2, 0.25) is 5.89 Å². The fourth-order valence-corrected chi connectivity index (χ4v) is 0.970. The van der Waals surface area contributed by atoms with Crippen molar-refractivity contribution in [2.24, 2.45) is 0 Å². The summed E-state index contributed by atoms with van der Waals surface area (Å²) in [5.74, 6) is -2.69. The molecule has 1 aromatic rings. The summed E-state index contributed by atoms with van der Waals surface area (Å²) >= 11 is 0. The third-order valence-electron chi connectivity index (χ3n) is 1.90. The first kappa shape index (κ1) is 11.7. The first-order valence-corrected chi connectivity index (χ1v) is 4.29. The van der Waals surface area contributed by atoms with Gasteiger partial charge in [-0.05, 0) is 6.92 Å². The van der Waals surface area contributed by atoms with Gasteiger partial charge in [-0.3, -0.25) is 4.79 Å². The van der Waals surface area contributed by atoms with Crippen molar-refractivity contribution in [3.05, 3.63) is 11.7 Å². The fourth-order valence-electron chi connectivity index (χ4n) is 0.970. The molecule has 0 bridgehead atoms. The maximum absolute atomic E-state index is 12.1. The zero-order chi connectivity index (χ0) is 11.6. The number of alkyl halides is 3. The normalized spacial score (nSPS) is 13.9. The molecule has 1 aromatic heterocycles. The van der Waals surface area contributed by atoms with Crippen molar-refractivity contribution in [2.45, 2.75) is 32.4 Å². The average Bonchev–Trinajstić information content (AvgIpc) is 2.63. The van der Waals surface area contributed by atoms with Gasteiger partial charge in [0.1, 0.15) is 5.78 Å². The molecule has 15 heavy (non-hydrogen) atoms. The lowest BCUT2D eigenvalue weighted by Gasteiger charge is -2.01.